The third kappa shape index (κ3) is 5.17. The van der Waals surface area contributed by atoms with Crippen LogP contribution in [0.15, 0.2) is 78.9 Å². The zero-order chi connectivity index (χ0) is 22.4. The van der Waals surface area contributed by atoms with Crippen molar-refractivity contribution in [3.8, 4) is 0 Å². The van der Waals surface area contributed by atoms with Crippen LogP contribution in [0.2, 0.25) is 0 Å². The first-order valence-corrected chi connectivity index (χ1v) is 9.88. The quantitative estimate of drug-likeness (QED) is 0.602. The highest BCUT2D eigenvalue weighted by atomic mass is 16.5. The van der Waals surface area contributed by atoms with Gasteiger partial charge in [0.1, 0.15) is 0 Å². The minimum Gasteiger partial charge on any atom is -0.449 e. The molecule has 0 saturated heterocycles. The molecule has 3 aromatic carbocycles. The summed E-state index contributed by atoms with van der Waals surface area (Å²) in [6.07, 6.45) is -1.04. The number of hydrogen-bond acceptors (Lipinski definition) is 4. The van der Waals surface area contributed by atoms with Gasteiger partial charge in [0.2, 0.25) is 0 Å². The van der Waals surface area contributed by atoms with Gasteiger partial charge in [0.25, 0.3) is 11.8 Å². The Kier molecular flexibility index (Phi) is 6.82. The normalized spacial score (nSPS) is 11.3. The average Bonchev–Trinajstić information content (AvgIpc) is 2.80. The monoisotopic (exact) mass is 416 g/mol. The van der Waals surface area contributed by atoms with Crippen LogP contribution in [-0.2, 0) is 9.53 Å². The summed E-state index contributed by atoms with van der Waals surface area (Å²) in [7, 11) is 1.64. The van der Waals surface area contributed by atoms with Crippen molar-refractivity contribution in [2.75, 3.05) is 17.3 Å². The van der Waals surface area contributed by atoms with E-state index in [0.29, 0.717) is 11.4 Å². The molecule has 1 atom stereocenters. The van der Waals surface area contributed by atoms with Gasteiger partial charge in [-0.15, -0.1) is 0 Å². The van der Waals surface area contributed by atoms with E-state index >= 15 is 0 Å². The van der Waals surface area contributed by atoms with Crippen LogP contribution >= 0.6 is 0 Å². The lowest BCUT2D eigenvalue weighted by Gasteiger charge is -2.19. The van der Waals surface area contributed by atoms with E-state index in [1.807, 2.05) is 43.3 Å². The fourth-order valence-electron chi connectivity index (χ4n) is 3.02. The molecule has 1 N–H and O–H groups in total. The fourth-order valence-corrected chi connectivity index (χ4v) is 3.02. The van der Waals surface area contributed by atoms with Gasteiger partial charge in [0, 0.05) is 18.4 Å². The first-order valence-electron chi connectivity index (χ1n) is 9.88. The number of para-hydroxylation sites is 2. The summed E-state index contributed by atoms with van der Waals surface area (Å²) < 4.78 is 5.36. The van der Waals surface area contributed by atoms with E-state index in [-0.39, 0.29) is 17.0 Å². The lowest BCUT2D eigenvalue weighted by molar-refractivity contribution is -0.123. The SMILES string of the molecule is Cc1ccccc1NC(=O)[C@H](C)OC(=O)c1ccccc1C(=O)N(C)c1ccccc1. The molecule has 0 bridgehead atoms. The zero-order valence-corrected chi connectivity index (χ0v) is 17.7. The predicted molar refractivity (Wildman–Crippen MR) is 120 cm³/mol. The summed E-state index contributed by atoms with van der Waals surface area (Å²) in [4.78, 5) is 39.7. The maximum Gasteiger partial charge on any atom is 0.339 e. The number of hydrogen-bond donors (Lipinski definition) is 1. The van der Waals surface area contributed by atoms with Gasteiger partial charge >= 0.3 is 5.97 Å². The van der Waals surface area contributed by atoms with Crippen molar-refractivity contribution in [2.24, 2.45) is 0 Å². The van der Waals surface area contributed by atoms with Crippen molar-refractivity contribution in [1.82, 2.24) is 0 Å². The Labute approximate surface area is 181 Å². The molecule has 0 aliphatic rings. The number of anilines is 2. The van der Waals surface area contributed by atoms with Crippen LogP contribution in [0.25, 0.3) is 0 Å². The highest BCUT2D eigenvalue weighted by Gasteiger charge is 2.25. The summed E-state index contributed by atoms with van der Waals surface area (Å²) in [6.45, 7) is 3.36. The highest BCUT2D eigenvalue weighted by molar-refractivity contribution is 6.12. The van der Waals surface area contributed by atoms with E-state index in [4.69, 9.17) is 4.74 Å². The molecule has 0 aliphatic carbocycles. The number of benzene rings is 3. The smallest absolute Gasteiger partial charge is 0.339 e. The molecule has 6 heteroatoms. The van der Waals surface area contributed by atoms with E-state index in [9.17, 15) is 14.4 Å². The van der Waals surface area contributed by atoms with Crippen LogP contribution in [-0.4, -0.2) is 30.9 Å². The summed E-state index contributed by atoms with van der Waals surface area (Å²) >= 11 is 0. The second kappa shape index (κ2) is 9.71. The van der Waals surface area contributed by atoms with Crippen molar-refractivity contribution < 1.29 is 19.1 Å². The molecule has 3 rings (SSSR count). The second-order valence-corrected chi connectivity index (χ2v) is 7.10. The lowest BCUT2D eigenvalue weighted by atomic mass is 10.1. The Morgan fingerprint density at radius 3 is 2.10 bits per heavy atom. The average molecular weight is 416 g/mol. The molecule has 0 unspecified atom stereocenters. The molecule has 0 radical (unpaired) electrons. The molecule has 6 nitrogen and oxygen atoms in total. The number of carbonyl (C=O) groups excluding carboxylic acids is 3. The van der Waals surface area contributed by atoms with Crippen LogP contribution < -0.4 is 10.2 Å². The number of amides is 2. The van der Waals surface area contributed by atoms with Crippen molar-refractivity contribution in [2.45, 2.75) is 20.0 Å². The van der Waals surface area contributed by atoms with Crippen molar-refractivity contribution in [3.63, 3.8) is 0 Å². The van der Waals surface area contributed by atoms with Crippen molar-refractivity contribution in [3.05, 3.63) is 95.6 Å². The van der Waals surface area contributed by atoms with Crippen LogP contribution in [0.5, 0.6) is 0 Å². The number of ether oxygens (including phenoxy) is 1. The lowest BCUT2D eigenvalue weighted by Crippen LogP contribution is -2.32. The van der Waals surface area contributed by atoms with Crippen LogP contribution in [0.4, 0.5) is 11.4 Å². The van der Waals surface area contributed by atoms with Gasteiger partial charge in [-0.25, -0.2) is 4.79 Å². The third-order valence-corrected chi connectivity index (χ3v) is 4.88. The van der Waals surface area contributed by atoms with Gasteiger partial charge in [-0.2, -0.15) is 0 Å². The standard InChI is InChI=1S/C25H24N2O4/c1-17-11-7-10-16-22(17)26-23(28)18(2)31-25(30)21-15-9-8-14-20(21)24(29)27(3)19-12-5-4-6-13-19/h4-16,18H,1-3H3,(H,26,28)/t18-/m0/s1. The maximum absolute atomic E-state index is 13.0. The van der Waals surface area contributed by atoms with E-state index in [2.05, 4.69) is 5.32 Å². The summed E-state index contributed by atoms with van der Waals surface area (Å²) in [5, 5.41) is 2.75. The van der Waals surface area contributed by atoms with E-state index in [1.165, 1.54) is 17.9 Å². The maximum atomic E-state index is 13.0. The fraction of sp³-hybridized carbons (Fsp3) is 0.160. The van der Waals surface area contributed by atoms with Crippen molar-refractivity contribution in [1.29, 1.82) is 0 Å². The van der Waals surface area contributed by atoms with Crippen molar-refractivity contribution >= 4 is 29.2 Å². The van der Waals surface area contributed by atoms with Gasteiger partial charge in [-0.3, -0.25) is 9.59 Å². The summed E-state index contributed by atoms with van der Waals surface area (Å²) in [6, 6.07) is 22.8. The van der Waals surface area contributed by atoms with Gasteiger partial charge in [-0.1, -0.05) is 48.5 Å². The molecule has 0 saturated carbocycles. The first kappa shape index (κ1) is 21.8. The Bertz CT molecular complexity index is 1100. The Hall–Kier alpha value is -3.93. The number of carbonyl (C=O) groups is 3. The summed E-state index contributed by atoms with van der Waals surface area (Å²) in [5.41, 5.74) is 2.54. The molecule has 0 spiro atoms. The molecule has 3 aromatic rings. The molecule has 0 aromatic heterocycles. The van der Waals surface area contributed by atoms with Crippen LogP contribution in [0.3, 0.4) is 0 Å². The molecule has 158 valence electrons. The number of rotatable bonds is 6. The Morgan fingerprint density at radius 2 is 1.42 bits per heavy atom. The highest BCUT2D eigenvalue weighted by Crippen LogP contribution is 2.19. The largest absolute Gasteiger partial charge is 0.449 e. The number of nitrogens with one attached hydrogen (secondary N) is 1. The van der Waals surface area contributed by atoms with E-state index < -0.39 is 18.0 Å². The molecule has 0 heterocycles. The minimum atomic E-state index is -1.04. The second-order valence-electron chi connectivity index (χ2n) is 7.10. The van der Waals surface area contributed by atoms with Crippen LogP contribution in [0.1, 0.15) is 33.2 Å². The summed E-state index contributed by atoms with van der Waals surface area (Å²) in [5.74, 6) is -1.54. The van der Waals surface area contributed by atoms with E-state index in [0.717, 1.165) is 5.56 Å². The predicted octanol–water partition coefficient (Wildman–Crippen LogP) is 4.46. The number of aryl methyl sites for hydroxylation is 1. The molecular formula is C25H24N2O4. The molecule has 2 amide bonds. The number of esters is 1. The van der Waals surface area contributed by atoms with Gasteiger partial charge in [-0.05, 0) is 49.7 Å². The van der Waals surface area contributed by atoms with Gasteiger partial charge < -0.3 is 15.0 Å². The topological polar surface area (TPSA) is 75.7 Å². The van der Waals surface area contributed by atoms with Crippen LogP contribution in [0, 0.1) is 6.92 Å². The van der Waals surface area contributed by atoms with Gasteiger partial charge in [0.05, 0.1) is 11.1 Å². The molecular weight excluding hydrogens is 392 g/mol. The van der Waals surface area contributed by atoms with E-state index in [1.54, 1.807) is 43.4 Å². The Morgan fingerprint density at radius 1 is 0.839 bits per heavy atom. The molecule has 0 aliphatic heterocycles. The molecule has 0 fully saturated rings. The Balaban J connectivity index is 1.74. The zero-order valence-electron chi connectivity index (χ0n) is 17.7. The van der Waals surface area contributed by atoms with Gasteiger partial charge in [0.15, 0.2) is 6.10 Å². The minimum absolute atomic E-state index is 0.103. The number of nitrogens with zero attached hydrogens (tertiary/aromatic N) is 1. The third-order valence-electron chi connectivity index (χ3n) is 4.88. The molecule has 31 heavy (non-hydrogen) atoms. The first-order chi connectivity index (χ1) is 14.9.